The topological polar surface area (TPSA) is 46.2 Å². The summed E-state index contributed by atoms with van der Waals surface area (Å²) in [5, 5.41) is 10.9. The zero-order chi connectivity index (χ0) is 14.9. The van der Waals surface area contributed by atoms with Gasteiger partial charge in [0.15, 0.2) is 0 Å². The fourth-order valence-electron chi connectivity index (χ4n) is 3.39. The molecule has 2 rings (SSSR count). The summed E-state index contributed by atoms with van der Waals surface area (Å²) in [7, 11) is 0. The van der Waals surface area contributed by atoms with Crippen molar-refractivity contribution in [3.63, 3.8) is 0 Å². The third-order valence-corrected chi connectivity index (χ3v) is 7.29. The largest absolute Gasteiger partial charge is 0.387 e. The van der Waals surface area contributed by atoms with Crippen molar-refractivity contribution in [2.24, 2.45) is 23.0 Å². The monoisotopic (exact) mass is 359 g/mol. The third kappa shape index (κ3) is 3.13. The lowest BCUT2D eigenvalue weighted by atomic mass is 9.65. The second kappa shape index (κ2) is 6.47. The van der Waals surface area contributed by atoms with E-state index in [-0.39, 0.29) is 5.41 Å². The second-order valence-corrected chi connectivity index (χ2v) is 8.75. The Balaban J connectivity index is 2.15. The molecule has 1 saturated carbocycles. The first kappa shape index (κ1) is 16.5. The Morgan fingerprint density at radius 1 is 1.45 bits per heavy atom. The van der Waals surface area contributed by atoms with Crippen LogP contribution in [0, 0.1) is 24.2 Å². The van der Waals surface area contributed by atoms with Crippen LogP contribution < -0.4 is 5.73 Å². The lowest BCUT2D eigenvalue weighted by molar-refractivity contribution is -0.0127. The molecule has 3 N–H and O–H groups in total. The Kier molecular flexibility index (Phi) is 5.33. The minimum Gasteiger partial charge on any atom is -0.387 e. The Bertz CT molecular complexity index is 430. The van der Waals surface area contributed by atoms with E-state index in [9.17, 15) is 5.11 Å². The standard InChI is InChI=1S/C16H26BrNOS/c1-10(2)12-4-6-16(9-18,7-5-12)15(19)14-8-13(17)11(3)20-14/h8,10,12,15,19H,4-7,9,18H2,1-3H3. The summed E-state index contributed by atoms with van der Waals surface area (Å²) in [5.41, 5.74) is 5.95. The molecule has 1 unspecified atom stereocenters. The summed E-state index contributed by atoms with van der Waals surface area (Å²) < 4.78 is 1.10. The summed E-state index contributed by atoms with van der Waals surface area (Å²) in [6, 6.07) is 2.07. The molecule has 0 aliphatic heterocycles. The van der Waals surface area contributed by atoms with Gasteiger partial charge in [-0.25, -0.2) is 0 Å². The van der Waals surface area contributed by atoms with Crippen LogP contribution in [0.1, 0.15) is 55.4 Å². The van der Waals surface area contributed by atoms with Crippen LogP contribution in [-0.2, 0) is 0 Å². The van der Waals surface area contributed by atoms with Crippen LogP contribution in [0.5, 0.6) is 0 Å². The summed E-state index contributed by atoms with van der Waals surface area (Å²) in [6.45, 7) is 7.26. The van der Waals surface area contributed by atoms with Gasteiger partial charge in [0.1, 0.15) is 0 Å². The highest BCUT2D eigenvalue weighted by atomic mass is 79.9. The third-order valence-electron chi connectivity index (χ3n) is 5.10. The number of aryl methyl sites for hydroxylation is 1. The van der Waals surface area contributed by atoms with E-state index in [1.54, 1.807) is 11.3 Å². The molecule has 1 aromatic rings. The number of thiophene rings is 1. The molecule has 20 heavy (non-hydrogen) atoms. The first-order valence-electron chi connectivity index (χ1n) is 7.53. The molecule has 0 bridgehead atoms. The minimum atomic E-state index is -0.421. The molecule has 4 heteroatoms. The number of rotatable bonds is 4. The maximum absolute atomic E-state index is 10.9. The molecule has 1 aliphatic carbocycles. The van der Waals surface area contributed by atoms with Crippen molar-refractivity contribution in [2.45, 2.75) is 52.6 Å². The van der Waals surface area contributed by atoms with Gasteiger partial charge in [0.05, 0.1) is 6.10 Å². The van der Waals surface area contributed by atoms with E-state index in [4.69, 9.17) is 5.73 Å². The molecule has 0 spiro atoms. The minimum absolute atomic E-state index is 0.123. The van der Waals surface area contributed by atoms with Gasteiger partial charge in [0.2, 0.25) is 0 Å². The smallest absolute Gasteiger partial charge is 0.0950 e. The maximum Gasteiger partial charge on any atom is 0.0950 e. The molecule has 1 aromatic heterocycles. The molecular weight excluding hydrogens is 334 g/mol. The van der Waals surface area contributed by atoms with Crippen molar-refractivity contribution in [3.05, 3.63) is 20.3 Å². The first-order chi connectivity index (χ1) is 9.39. The molecule has 0 amide bonds. The summed E-state index contributed by atoms with van der Waals surface area (Å²) >= 11 is 5.23. The Hall–Kier alpha value is 0.100. The van der Waals surface area contributed by atoms with Gasteiger partial charge in [-0.15, -0.1) is 11.3 Å². The van der Waals surface area contributed by atoms with E-state index < -0.39 is 6.10 Å². The molecule has 0 aromatic carbocycles. The van der Waals surface area contributed by atoms with E-state index in [1.165, 1.54) is 17.7 Å². The van der Waals surface area contributed by atoms with Crippen LogP contribution in [0.15, 0.2) is 10.5 Å². The summed E-state index contributed by atoms with van der Waals surface area (Å²) in [6.07, 6.45) is 4.05. The molecule has 2 nitrogen and oxygen atoms in total. The fraction of sp³-hybridized carbons (Fsp3) is 0.750. The van der Waals surface area contributed by atoms with Crippen molar-refractivity contribution in [3.8, 4) is 0 Å². The molecule has 1 heterocycles. The number of aliphatic hydroxyl groups is 1. The molecule has 0 radical (unpaired) electrons. The van der Waals surface area contributed by atoms with Crippen LogP contribution in [0.4, 0.5) is 0 Å². The average Bonchev–Trinajstić information content (AvgIpc) is 2.77. The van der Waals surface area contributed by atoms with E-state index in [1.807, 2.05) is 0 Å². The van der Waals surface area contributed by atoms with Gasteiger partial charge in [-0.05, 0) is 66.4 Å². The van der Waals surface area contributed by atoms with E-state index in [2.05, 4.69) is 42.8 Å². The van der Waals surface area contributed by atoms with Gasteiger partial charge in [-0.1, -0.05) is 13.8 Å². The number of hydrogen-bond donors (Lipinski definition) is 2. The number of nitrogens with two attached hydrogens (primary N) is 1. The quantitative estimate of drug-likeness (QED) is 0.821. The number of aliphatic hydroxyl groups excluding tert-OH is 1. The van der Waals surface area contributed by atoms with E-state index in [0.29, 0.717) is 6.54 Å². The van der Waals surface area contributed by atoms with Crippen LogP contribution in [0.25, 0.3) is 0 Å². The molecular formula is C16H26BrNOS. The highest BCUT2D eigenvalue weighted by Gasteiger charge is 2.42. The fourth-order valence-corrected chi connectivity index (χ4v) is 5.08. The van der Waals surface area contributed by atoms with Crippen molar-refractivity contribution >= 4 is 27.3 Å². The SMILES string of the molecule is Cc1sc(C(O)C2(CN)CCC(C(C)C)CC2)cc1Br. The maximum atomic E-state index is 10.9. The average molecular weight is 360 g/mol. The van der Waals surface area contributed by atoms with E-state index in [0.717, 1.165) is 34.0 Å². The Morgan fingerprint density at radius 2 is 2.05 bits per heavy atom. The number of halogens is 1. The van der Waals surface area contributed by atoms with Gasteiger partial charge in [0.25, 0.3) is 0 Å². The molecule has 0 saturated heterocycles. The molecule has 114 valence electrons. The van der Waals surface area contributed by atoms with Crippen LogP contribution in [-0.4, -0.2) is 11.7 Å². The van der Waals surface area contributed by atoms with Gasteiger partial charge >= 0.3 is 0 Å². The van der Waals surface area contributed by atoms with Crippen molar-refractivity contribution in [2.75, 3.05) is 6.54 Å². The molecule has 1 fully saturated rings. The number of hydrogen-bond acceptors (Lipinski definition) is 3. The van der Waals surface area contributed by atoms with Crippen LogP contribution in [0.3, 0.4) is 0 Å². The van der Waals surface area contributed by atoms with Crippen molar-refractivity contribution < 1.29 is 5.11 Å². The zero-order valence-corrected chi connectivity index (χ0v) is 15.1. The van der Waals surface area contributed by atoms with Gasteiger partial charge in [0, 0.05) is 26.2 Å². The Morgan fingerprint density at radius 3 is 2.45 bits per heavy atom. The van der Waals surface area contributed by atoms with Gasteiger partial charge in [-0.3, -0.25) is 0 Å². The summed E-state index contributed by atoms with van der Waals surface area (Å²) in [4.78, 5) is 2.28. The lowest BCUT2D eigenvalue weighted by Gasteiger charge is -2.43. The van der Waals surface area contributed by atoms with Crippen LogP contribution in [0.2, 0.25) is 0 Å². The highest BCUT2D eigenvalue weighted by Crippen LogP contribution is 2.50. The van der Waals surface area contributed by atoms with Gasteiger partial charge < -0.3 is 10.8 Å². The van der Waals surface area contributed by atoms with Crippen molar-refractivity contribution in [1.82, 2.24) is 0 Å². The molecule has 1 aliphatic rings. The Labute approximate surface area is 134 Å². The second-order valence-electron chi connectivity index (χ2n) is 6.60. The van der Waals surface area contributed by atoms with E-state index >= 15 is 0 Å². The molecule has 1 atom stereocenters. The highest BCUT2D eigenvalue weighted by molar-refractivity contribution is 9.10. The predicted octanol–water partition coefficient (Wildman–Crippen LogP) is 4.64. The van der Waals surface area contributed by atoms with Crippen molar-refractivity contribution in [1.29, 1.82) is 0 Å². The zero-order valence-electron chi connectivity index (χ0n) is 12.7. The summed E-state index contributed by atoms with van der Waals surface area (Å²) in [5.74, 6) is 1.53. The van der Waals surface area contributed by atoms with Crippen LogP contribution >= 0.6 is 27.3 Å². The first-order valence-corrected chi connectivity index (χ1v) is 9.14. The normalized spacial score (nSPS) is 28.9. The lowest BCUT2D eigenvalue weighted by Crippen LogP contribution is -2.40. The predicted molar refractivity (Wildman–Crippen MR) is 90.0 cm³/mol. The van der Waals surface area contributed by atoms with Gasteiger partial charge in [-0.2, -0.15) is 0 Å².